The lowest BCUT2D eigenvalue weighted by Gasteiger charge is -2.15. The lowest BCUT2D eigenvalue weighted by atomic mass is 10.1. The molecule has 1 aromatic carbocycles. The van der Waals surface area contributed by atoms with Crippen molar-refractivity contribution in [3.8, 4) is 0 Å². The first-order chi connectivity index (χ1) is 10.0. The van der Waals surface area contributed by atoms with Crippen molar-refractivity contribution in [2.45, 2.75) is 12.8 Å². The second kappa shape index (κ2) is 5.41. The Morgan fingerprint density at radius 3 is 3.00 bits per heavy atom. The summed E-state index contributed by atoms with van der Waals surface area (Å²) in [5.74, 6) is -1.56. The van der Waals surface area contributed by atoms with E-state index < -0.39 is 11.9 Å². The molecule has 21 heavy (non-hydrogen) atoms. The number of rotatable bonds is 4. The van der Waals surface area contributed by atoms with Crippen LogP contribution in [0.15, 0.2) is 24.4 Å². The van der Waals surface area contributed by atoms with Gasteiger partial charge in [-0.15, -0.1) is 0 Å². The third kappa shape index (κ3) is 2.74. The summed E-state index contributed by atoms with van der Waals surface area (Å²) in [7, 11) is 0. The molecule has 1 saturated heterocycles. The van der Waals surface area contributed by atoms with E-state index in [4.69, 9.17) is 16.7 Å². The molecular formula is C15H15ClN2O3. The van der Waals surface area contributed by atoms with Crippen LogP contribution in [0.25, 0.3) is 10.9 Å². The number of H-pyrrole nitrogens is 1. The van der Waals surface area contributed by atoms with E-state index in [-0.39, 0.29) is 12.3 Å². The van der Waals surface area contributed by atoms with E-state index in [0.29, 0.717) is 24.5 Å². The van der Waals surface area contributed by atoms with Gasteiger partial charge in [0.2, 0.25) is 5.91 Å². The fraction of sp³-hybridized carbons (Fsp3) is 0.333. The highest BCUT2D eigenvalue weighted by Crippen LogP contribution is 2.24. The van der Waals surface area contributed by atoms with Crippen molar-refractivity contribution >= 4 is 34.4 Å². The number of hydrogen-bond acceptors (Lipinski definition) is 2. The van der Waals surface area contributed by atoms with E-state index in [0.717, 1.165) is 16.5 Å². The number of carbonyl (C=O) groups excluding carboxylic acids is 1. The van der Waals surface area contributed by atoms with Crippen molar-refractivity contribution in [2.24, 2.45) is 5.92 Å². The molecule has 0 aliphatic carbocycles. The number of carbonyl (C=O) groups is 2. The standard InChI is InChI=1S/C15H15ClN2O3/c16-11-1-2-13-12(6-11)9(7-17-13)3-4-18-8-10(15(20)21)5-14(18)19/h1-2,6-7,10,17H,3-5,8H2,(H,20,21). The number of benzene rings is 1. The highest BCUT2D eigenvalue weighted by Gasteiger charge is 2.33. The van der Waals surface area contributed by atoms with Crippen molar-refractivity contribution in [1.82, 2.24) is 9.88 Å². The van der Waals surface area contributed by atoms with Gasteiger partial charge in [0.25, 0.3) is 0 Å². The Morgan fingerprint density at radius 1 is 1.48 bits per heavy atom. The predicted octanol–water partition coefficient (Wildman–Crippen LogP) is 2.30. The molecule has 1 aliphatic heterocycles. The van der Waals surface area contributed by atoms with Crippen LogP contribution >= 0.6 is 11.6 Å². The van der Waals surface area contributed by atoms with Crippen LogP contribution in [0, 0.1) is 5.92 Å². The number of carboxylic acid groups (broad SMARTS) is 1. The van der Waals surface area contributed by atoms with Crippen LogP contribution in [0.3, 0.4) is 0 Å². The van der Waals surface area contributed by atoms with E-state index in [1.165, 1.54) is 0 Å². The van der Waals surface area contributed by atoms with Gasteiger partial charge in [0.1, 0.15) is 0 Å². The number of nitrogens with zero attached hydrogens (tertiary/aromatic N) is 1. The van der Waals surface area contributed by atoms with Crippen LogP contribution < -0.4 is 0 Å². The molecule has 1 aromatic heterocycles. The Hall–Kier alpha value is -2.01. The molecule has 0 bridgehead atoms. The molecule has 0 radical (unpaired) electrons. The first-order valence-corrected chi connectivity index (χ1v) is 7.18. The molecule has 6 heteroatoms. The van der Waals surface area contributed by atoms with Crippen molar-refractivity contribution < 1.29 is 14.7 Å². The Balaban J connectivity index is 1.71. The summed E-state index contributed by atoms with van der Waals surface area (Å²) in [5.41, 5.74) is 2.09. The summed E-state index contributed by atoms with van der Waals surface area (Å²) in [6, 6.07) is 5.64. The number of amides is 1. The van der Waals surface area contributed by atoms with Crippen molar-refractivity contribution in [3.63, 3.8) is 0 Å². The third-order valence-electron chi connectivity index (χ3n) is 3.94. The average Bonchev–Trinajstić information content (AvgIpc) is 3.00. The molecule has 2 aromatic rings. The molecule has 1 atom stereocenters. The van der Waals surface area contributed by atoms with Gasteiger partial charge in [-0.25, -0.2) is 0 Å². The Kier molecular flexibility index (Phi) is 3.59. The van der Waals surface area contributed by atoms with Crippen molar-refractivity contribution in [2.75, 3.05) is 13.1 Å². The summed E-state index contributed by atoms with van der Waals surface area (Å²) in [4.78, 5) is 27.5. The SMILES string of the molecule is O=C(O)C1CC(=O)N(CCc2c[nH]c3ccc(Cl)cc23)C1. The number of aromatic amines is 1. The van der Waals surface area contributed by atoms with Crippen molar-refractivity contribution in [1.29, 1.82) is 0 Å². The maximum atomic E-state index is 11.8. The van der Waals surface area contributed by atoms with E-state index in [2.05, 4.69) is 4.98 Å². The number of hydrogen-bond donors (Lipinski definition) is 2. The second-order valence-corrected chi connectivity index (χ2v) is 5.77. The zero-order chi connectivity index (χ0) is 15.0. The summed E-state index contributed by atoms with van der Waals surface area (Å²) >= 11 is 6.01. The summed E-state index contributed by atoms with van der Waals surface area (Å²) in [5, 5.41) is 10.7. The van der Waals surface area contributed by atoms with Gasteiger partial charge in [-0.2, -0.15) is 0 Å². The van der Waals surface area contributed by atoms with Gasteiger partial charge < -0.3 is 15.0 Å². The van der Waals surface area contributed by atoms with Gasteiger partial charge in [-0.3, -0.25) is 9.59 Å². The number of aromatic nitrogens is 1. The number of fused-ring (bicyclic) bond motifs is 1. The summed E-state index contributed by atoms with van der Waals surface area (Å²) in [6.07, 6.45) is 2.70. The first-order valence-electron chi connectivity index (χ1n) is 6.80. The minimum absolute atomic E-state index is 0.0831. The fourth-order valence-electron chi connectivity index (χ4n) is 2.77. The highest BCUT2D eigenvalue weighted by atomic mass is 35.5. The smallest absolute Gasteiger partial charge is 0.308 e. The second-order valence-electron chi connectivity index (χ2n) is 5.33. The monoisotopic (exact) mass is 306 g/mol. The predicted molar refractivity (Wildman–Crippen MR) is 79.3 cm³/mol. The summed E-state index contributed by atoms with van der Waals surface area (Å²) in [6.45, 7) is 0.833. The largest absolute Gasteiger partial charge is 0.481 e. The molecule has 1 unspecified atom stereocenters. The minimum atomic E-state index is -0.898. The van der Waals surface area contributed by atoms with Gasteiger partial charge in [0.15, 0.2) is 0 Å². The molecule has 3 rings (SSSR count). The molecular weight excluding hydrogens is 292 g/mol. The molecule has 2 N–H and O–H groups in total. The fourth-order valence-corrected chi connectivity index (χ4v) is 2.94. The summed E-state index contributed by atoms with van der Waals surface area (Å²) < 4.78 is 0. The number of aliphatic carboxylic acids is 1. The van der Waals surface area contributed by atoms with Gasteiger partial charge in [0.05, 0.1) is 5.92 Å². The normalized spacial score (nSPS) is 18.6. The van der Waals surface area contributed by atoms with Gasteiger partial charge in [0, 0.05) is 41.6 Å². The van der Waals surface area contributed by atoms with Crippen LogP contribution in [0.4, 0.5) is 0 Å². The molecule has 5 nitrogen and oxygen atoms in total. The lowest BCUT2D eigenvalue weighted by molar-refractivity contribution is -0.141. The van der Waals surface area contributed by atoms with Gasteiger partial charge in [-0.1, -0.05) is 11.6 Å². The minimum Gasteiger partial charge on any atom is -0.481 e. The highest BCUT2D eigenvalue weighted by molar-refractivity contribution is 6.31. The molecule has 1 fully saturated rings. The van der Waals surface area contributed by atoms with Gasteiger partial charge in [-0.05, 0) is 30.2 Å². The molecule has 1 amide bonds. The van der Waals surface area contributed by atoms with E-state index >= 15 is 0 Å². The maximum absolute atomic E-state index is 11.8. The van der Waals surface area contributed by atoms with Crippen LogP contribution in [0.1, 0.15) is 12.0 Å². The quantitative estimate of drug-likeness (QED) is 0.910. The Morgan fingerprint density at radius 2 is 2.29 bits per heavy atom. The zero-order valence-corrected chi connectivity index (χ0v) is 12.1. The topological polar surface area (TPSA) is 73.4 Å². The molecule has 1 aliphatic rings. The van der Waals surface area contributed by atoms with Crippen LogP contribution in [-0.4, -0.2) is 40.0 Å². The molecule has 0 saturated carbocycles. The number of nitrogens with one attached hydrogen (secondary N) is 1. The molecule has 110 valence electrons. The number of halogens is 1. The van der Waals surface area contributed by atoms with Crippen LogP contribution in [0.5, 0.6) is 0 Å². The van der Waals surface area contributed by atoms with Crippen LogP contribution in [0.2, 0.25) is 5.02 Å². The van der Waals surface area contributed by atoms with Crippen molar-refractivity contribution in [3.05, 3.63) is 35.0 Å². The third-order valence-corrected chi connectivity index (χ3v) is 4.18. The molecule has 2 heterocycles. The Labute approximate surface area is 126 Å². The Bertz CT molecular complexity index is 710. The molecule has 0 spiro atoms. The number of likely N-dealkylation sites (tertiary alicyclic amines) is 1. The maximum Gasteiger partial charge on any atom is 0.308 e. The zero-order valence-electron chi connectivity index (χ0n) is 11.3. The number of carboxylic acids is 1. The van der Waals surface area contributed by atoms with Crippen LogP contribution in [-0.2, 0) is 16.0 Å². The van der Waals surface area contributed by atoms with E-state index in [1.807, 2.05) is 24.4 Å². The van der Waals surface area contributed by atoms with E-state index in [9.17, 15) is 9.59 Å². The van der Waals surface area contributed by atoms with E-state index in [1.54, 1.807) is 4.90 Å². The average molecular weight is 307 g/mol. The lowest BCUT2D eigenvalue weighted by Crippen LogP contribution is -2.28. The van der Waals surface area contributed by atoms with Gasteiger partial charge >= 0.3 is 5.97 Å². The first kappa shape index (κ1) is 13.9.